The lowest BCUT2D eigenvalue weighted by Gasteiger charge is -2.30. The lowest BCUT2D eigenvalue weighted by atomic mass is 9.87. The lowest BCUT2D eigenvalue weighted by molar-refractivity contribution is 0.137. The zero-order valence-corrected chi connectivity index (χ0v) is 16.7. The number of benzene rings is 1. The first kappa shape index (κ1) is 18.4. The van der Waals surface area contributed by atoms with Gasteiger partial charge in [0.25, 0.3) is 0 Å². The largest absolute Gasteiger partial charge is 0.446 e. The molecule has 6 heteroatoms. The minimum absolute atomic E-state index is 0.121. The Balaban J connectivity index is 1.55. The normalized spacial score (nSPS) is 23.8. The number of hydrogen-bond acceptors (Lipinski definition) is 5. The van der Waals surface area contributed by atoms with Crippen molar-refractivity contribution in [3.05, 3.63) is 42.0 Å². The third-order valence-corrected chi connectivity index (χ3v) is 6.56. The van der Waals surface area contributed by atoms with Gasteiger partial charge in [0.15, 0.2) is 0 Å². The first-order chi connectivity index (χ1) is 11.8. The third kappa shape index (κ3) is 4.61. The standard InChI is InChI=1S/C19H24N2O2S2/c1-19(2,3)14-7-11-16(12-8-14)25-21(4)18(22)23-20-17-13-5-9-15(24-17)10-6-13/h5,7-9,11-13,15H,6,10H2,1-4H3. The molecule has 1 saturated heterocycles. The summed E-state index contributed by atoms with van der Waals surface area (Å²) in [7, 11) is 1.70. The second-order valence-electron chi connectivity index (χ2n) is 7.37. The Hall–Kier alpha value is -1.40. The van der Waals surface area contributed by atoms with Crippen molar-refractivity contribution in [3.63, 3.8) is 0 Å². The van der Waals surface area contributed by atoms with Crippen molar-refractivity contribution in [2.75, 3.05) is 7.05 Å². The molecule has 0 radical (unpaired) electrons. The van der Waals surface area contributed by atoms with Crippen molar-refractivity contribution < 1.29 is 9.63 Å². The first-order valence-electron chi connectivity index (χ1n) is 8.49. The van der Waals surface area contributed by atoms with Gasteiger partial charge in [0.2, 0.25) is 0 Å². The van der Waals surface area contributed by atoms with Gasteiger partial charge in [-0.05, 0) is 47.9 Å². The van der Waals surface area contributed by atoms with Gasteiger partial charge in [0.1, 0.15) is 5.04 Å². The zero-order chi connectivity index (χ0) is 18.0. The van der Waals surface area contributed by atoms with Gasteiger partial charge in [0.05, 0.1) is 0 Å². The highest BCUT2D eigenvalue weighted by Gasteiger charge is 2.30. The van der Waals surface area contributed by atoms with E-state index < -0.39 is 6.09 Å². The van der Waals surface area contributed by atoms with E-state index in [-0.39, 0.29) is 5.41 Å². The van der Waals surface area contributed by atoms with Crippen LogP contribution in [0.1, 0.15) is 39.2 Å². The number of thioether (sulfide) groups is 1. The van der Waals surface area contributed by atoms with Crippen LogP contribution < -0.4 is 0 Å². The van der Waals surface area contributed by atoms with E-state index in [4.69, 9.17) is 4.84 Å². The van der Waals surface area contributed by atoms with Crippen LogP contribution in [0.4, 0.5) is 4.79 Å². The SMILES string of the molecule is CN(Sc1ccc(C(C)(C)C)cc1)C(=O)ON=C1SC2C=CC1CC2. The van der Waals surface area contributed by atoms with Gasteiger partial charge in [-0.15, -0.1) is 0 Å². The van der Waals surface area contributed by atoms with Crippen LogP contribution in [0, 0.1) is 5.92 Å². The summed E-state index contributed by atoms with van der Waals surface area (Å²) < 4.78 is 1.47. The molecule has 2 aliphatic heterocycles. The van der Waals surface area contributed by atoms with Crippen LogP contribution in [0.25, 0.3) is 0 Å². The second kappa shape index (κ2) is 7.46. The highest BCUT2D eigenvalue weighted by atomic mass is 32.2. The Kier molecular flexibility index (Phi) is 5.49. The van der Waals surface area contributed by atoms with Crippen LogP contribution >= 0.6 is 23.7 Å². The molecule has 0 spiro atoms. The number of amides is 1. The van der Waals surface area contributed by atoms with Crippen LogP contribution in [0.15, 0.2) is 46.5 Å². The predicted octanol–water partition coefficient (Wildman–Crippen LogP) is 5.45. The van der Waals surface area contributed by atoms with Crippen molar-refractivity contribution in [1.29, 1.82) is 0 Å². The number of rotatable bonds is 3. The van der Waals surface area contributed by atoms with Crippen molar-refractivity contribution >= 4 is 34.8 Å². The number of nitrogens with zero attached hydrogens (tertiary/aromatic N) is 2. The molecular formula is C19H24N2O2S2. The molecule has 4 rings (SSSR count). The number of oxime groups is 1. The van der Waals surface area contributed by atoms with Gasteiger partial charge in [-0.3, -0.25) is 4.84 Å². The monoisotopic (exact) mass is 376 g/mol. The summed E-state index contributed by atoms with van der Waals surface area (Å²) in [5.74, 6) is 0.311. The highest BCUT2D eigenvalue weighted by molar-refractivity contribution is 8.14. The van der Waals surface area contributed by atoms with Crippen LogP contribution in [0.5, 0.6) is 0 Å². The Morgan fingerprint density at radius 1 is 1.24 bits per heavy atom. The van der Waals surface area contributed by atoms with E-state index in [1.165, 1.54) is 28.2 Å². The van der Waals surface area contributed by atoms with Gasteiger partial charge in [-0.1, -0.05) is 62.0 Å². The molecule has 1 amide bonds. The molecule has 2 unspecified atom stereocenters. The number of carbonyl (C=O) groups excluding carboxylic acids is 1. The summed E-state index contributed by atoms with van der Waals surface area (Å²) in [6, 6.07) is 8.26. The van der Waals surface area contributed by atoms with Crippen molar-refractivity contribution in [2.45, 2.75) is 49.2 Å². The quantitative estimate of drug-likeness (QED) is 0.304. The fourth-order valence-corrected chi connectivity index (χ4v) is 4.65. The van der Waals surface area contributed by atoms with Crippen molar-refractivity contribution in [3.8, 4) is 0 Å². The summed E-state index contributed by atoms with van der Waals surface area (Å²) in [5, 5.41) is 5.50. The maximum absolute atomic E-state index is 12.2. The summed E-state index contributed by atoms with van der Waals surface area (Å²) in [6.45, 7) is 6.55. The van der Waals surface area contributed by atoms with Gasteiger partial charge in [-0.25, -0.2) is 9.10 Å². The van der Waals surface area contributed by atoms with E-state index in [9.17, 15) is 4.79 Å². The Labute approximate surface area is 158 Å². The fourth-order valence-electron chi connectivity index (χ4n) is 2.78. The molecule has 4 nitrogen and oxygen atoms in total. The number of fused-ring (bicyclic) bond motifs is 2. The minimum Gasteiger partial charge on any atom is -0.296 e. The van der Waals surface area contributed by atoms with Gasteiger partial charge < -0.3 is 0 Å². The molecule has 1 aliphatic carbocycles. The van der Waals surface area contributed by atoms with E-state index in [0.717, 1.165) is 16.4 Å². The molecule has 0 saturated carbocycles. The summed E-state index contributed by atoms with van der Waals surface area (Å²) in [4.78, 5) is 18.3. The van der Waals surface area contributed by atoms with Crippen LogP contribution in [-0.2, 0) is 10.3 Å². The molecule has 134 valence electrons. The molecule has 2 atom stereocenters. The topological polar surface area (TPSA) is 41.9 Å². The molecule has 3 aliphatic rings. The number of carbonyl (C=O) groups is 1. The average Bonchev–Trinajstić information content (AvgIpc) is 2.60. The van der Waals surface area contributed by atoms with Gasteiger partial charge >= 0.3 is 6.09 Å². The van der Waals surface area contributed by atoms with Crippen molar-refractivity contribution in [1.82, 2.24) is 4.31 Å². The molecule has 1 aromatic carbocycles. The van der Waals surface area contributed by atoms with E-state index in [2.05, 4.69) is 50.2 Å². The Bertz CT molecular complexity index is 692. The first-order valence-corrected chi connectivity index (χ1v) is 10.1. The van der Waals surface area contributed by atoms with Crippen molar-refractivity contribution in [2.24, 2.45) is 11.1 Å². The summed E-state index contributed by atoms with van der Waals surface area (Å²) in [6.07, 6.45) is 6.22. The van der Waals surface area contributed by atoms with Crippen LogP contribution in [0.3, 0.4) is 0 Å². The zero-order valence-electron chi connectivity index (χ0n) is 15.1. The van der Waals surface area contributed by atoms with Gasteiger partial charge in [-0.2, -0.15) is 0 Å². The highest BCUT2D eigenvalue weighted by Crippen LogP contribution is 2.38. The fraction of sp³-hybridized carbons (Fsp3) is 0.474. The van der Waals surface area contributed by atoms with Crippen LogP contribution in [-0.4, -0.2) is 27.7 Å². The minimum atomic E-state index is -0.455. The maximum atomic E-state index is 12.2. The predicted molar refractivity (Wildman–Crippen MR) is 106 cm³/mol. The Morgan fingerprint density at radius 3 is 2.48 bits per heavy atom. The van der Waals surface area contributed by atoms with E-state index in [1.807, 2.05) is 12.1 Å². The molecule has 0 aromatic heterocycles. The molecule has 0 N–H and O–H groups in total. The summed E-state index contributed by atoms with van der Waals surface area (Å²) >= 11 is 3.05. The third-order valence-electron chi connectivity index (χ3n) is 4.34. The molecule has 2 bridgehead atoms. The van der Waals surface area contributed by atoms with Gasteiger partial charge in [0, 0.05) is 23.1 Å². The average molecular weight is 377 g/mol. The maximum Gasteiger partial charge on any atom is 0.446 e. The number of allylic oxidation sites excluding steroid dienone is 1. The summed E-state index contributed by atoms with van der Waals surface area (Å²) in [5.41, 5.74) is 1.39. The molecule has 2 heterocycles. The van der Waals surface area contributed by atoms with E-state index in [0.29, 0.717) is 11.2 Å². The van der Waals surface area contributed by atoms with Crippen LogP contribution in [0.2, 0.25) is 0 Å². The lowest BCUT2D eigenvalue weighted by Crippen LogP contribution is -2.26. The molecule has 25 heavy (non-hydrogen) atoms. The second-order valence-corrected chi connectivity index (χ2v) is 9.84. The molecular weight excluding hydrogens is 352 g/mol. The molecule has 1 fully saturated rings. The van der Waals surface area contributed by atoms with E-state index in [1.54, 1.807) is 18.8 Å². The smallest absolute Gasteiger partial charge is 0.296 e. The van der Waals surface area contributed by atoms with E-state index >= 15 is 0 Å². The molecule has 1 aromatic rings. The Morgan fingerprint density at radius 2 is 1.96 bits per heavy atom. The number of hydrogen-bond donors (Lipinski definition) is 0.